The molecule has 0 N–H and O–H groups in total. The van der Waals surface area contributed by atoms with E-state index in [2.05, 4.69) is 281 Å². The normalized spacial score (nSPS) is 21.7. The van der Waals surface area contributed by atoms with Crippen LogP contribution < -0.4 is 30.4 Å². The molecule has 0 radical (unpaired) electrons. The Morgan fingerprint density at radius 3 is 1.72 bits per heavy atom. The number of fused-ring (bicyclic) bond motifs is 13. The van der Waals surface area contributed by atoms with Crippen LogP contribution >= 0.6 is 11.3 Å². The SMILES string of the molecule is Cc1ccccc1N(c1ccccc1)c1cc2c3c(c1)N(c1ccc(C(C)(C)C)cc1)c1c(sc4cc5c(cc14)C1(C)CCC5(C)C1)B3c1cc3c(cc1N2c1ccc2c(c1-c1ccccc1)C(C)(C)CCC2(C)C)C(C)(C)CCC3(C)C. The van der Waals surface area contributed by atoms with E-state index in [-0.39, 0.29) is 44.6 Å². The fraction of sp³-hybridized carbons (Fsp3) is 0.359. The fourth-order valence-corrected chi connectivity index (χ4v) is 18.4. The predicted molar refractivity (Wildman–Crippen MR) is 359 cm³/mol. The number of hydrogen-bond donors (Lipinski definition) is 0. The van der Waals surface area contributed by atoms with Gasteiger partial charge in [0.05, 0.1) is 17.1 Å². The van der Waals surface area contributed by atoms with Crippen molar-refractivity contribution in [3.63, 3.8) is 0 Å². The van der Waals surface area contributed by atoms with Gasteiger partial charge in [-0.15, -0.1) is 11.3 Å². The predicted octanol–water partition coefficient (Wildman–Crippen LogP) is 20.1. The van der Waals surface area contributed by atoms with Gasteiger partial charge in [0, 0.05) is 54.6 Å². The monoisotopic (exact) mass is 1100 g/mol. The van der Waals surface area contributed by atoms with Gasteiger partial charge in [-0.1, -0.05) is 181 Å². The molecule has 5 heteroatoms. The average molecular weight is 1100 g/mol. The van der Waals surface area contributed by atoms with Crippen molar-refractivity contribution < 1.29 is 0 Å². The molecular weight excluding hydrogens is 1020 g/mol. The van der Waals surface area contributed by atoms with Crippen molar-refractivity contribution in [3.8, 4) is 11.1 Å². The van der Waals surface area contributed by atoms with Crippen molar-refractivity contribution in [1.82, 2.24) is 0 Å². The molecular formula is C78H82BN3S. The van der Waals surface area contributed by atoms with Crippen LogP contribution in [0.4, 0.5) is 51.2 Å². The summed E-state index contributed by atoms with van der Waals surface area (Å²) in [5.41, 5.74) is 28.6. The van der Waals surface area contributed by atoms with E-state index in [1.807, 2.05) is 0 Å². The Kier molecular flexibility index (Phi) is 11.2. The number of rotatable bonds is 6. The Hall–Kier alpha value is -6.82. The third kappa shape index (κ3) is 7.73. The highest BCUT2D eigenvalue weighted by molar-refractivity contribution is 7.33. The van der Waals surface area contributed by atoms with E-state index in [0.717, 1.165) is 37.1 Å². The molecule has 0 amide bonds. The maximum atomic E-state index is 2.81. The summed E-state index contributed by atoms with van der Waals surface area (Å²) >= 11 is 2.09. The minimum absolute atomic E-state index is 0.000797. The third-order valence-corrected chi connectivity index (χ3v) is 23.2. The Labute approximate surface area is 499 Å². The van der Waals surface area contributed by atoms with Gasteiger partial charge in [0.2, 0.25) is 0 Å². The Bertz CT molecular complexity index is 4170. The zero-order valence-electron chi connectivity index (χ0n) is 51.8. The molecule has 418 valence electrons. The molecule has 8 aromatic carbocycles. The largest absolute Gasteiger partial charge is 0.311 e. The van der Waals surface area contributed by atoms with Gasteiger partial charge in [0.25, 0.3) is 6.71 Å². The molecule has 1 fully saturated rings. The van der Waals surface area contributed by atoms with Crippen LogP contribution in [0.1, 0.15) is 179 Å². The van der Waals surface area contributed by atoms with Crippen molar-refractivity contribution in [2.45, 2.75) is 180 Å². The topological polar surface area (TPSA) is 9.72 Å². The van der Waals surface area contributed by atoms with Gasteiger partial charge < -0.3 is 14.7 Å². The first kappa shape index (κ1) is 52.9. The van der Waals surface area contributed by atoms with Crippen LogP contribution in [0.3, 0.4) is 0 Å². The minimum atomic E-state index is -0.0683. The number of para-hydroxylation sites is 2. The summed E-state index contributed by atoms with van der Waals surface area (Å²) in [5, 5.41) is 1.40. The standard InChI is InChI=1S/C78H82BN3S/c1-48-23-21-22-28-61(48)80(51-26-19-16-20-27-51)53-41-64-69-65(42-53)82(62-34-33-55-68(67(62)49-24-17-15-18-25-49)76(11,12)38-37-73(55,5)6)63-45-57-56(74(7,8)35-36-75(57,9)10)44-60(63)79(69)71-70(81(64)52-31-29-50(30-32-52)72(2,3)4)54-43-58-59(46-66(54)83-71)78(14)40-39-77(58,13)47-78/h15-34,41-46H,35-40,47H2,1-14H3. The van der Waals surface area contributed by atoms with Gasteiger partial charge in [0.1, 0.15) is 0 Å². The second kappa shape index (κ2) is 17.6. The Balaban J connectivity index is 1.14. The average Bonchev–Trinajstić information content (AvgIpc) is 1.85. The number of hydrogen-bond acceptors (Lipinski definition) is 4. The summed E-state index contributed by atoms with van der Waals surface area (Å²) in [6.45, 7) is 34.5. The van der Waals surface area contributed by atoms with Crippen molar-refractivity contribution in [2.24, 2.45) is 0 Å². The second-order valence-electron chi connectivity index (χ2n) is 30.5. The first-order chi connectivity index (χ1) is 39.4. The third-order valence-electron chi connectivity index (χ3n) is 22.0. The first-order valence-corrected chi connectivity index (χ1v) is 32.0. The maximum absolute atomic E-state index is 2.81. The lowest BCUT2D eigenvalue weighted by Crippen LogP contribution is -2.61. The molecule has 2 aliphatic heterocycles. The van der Waals surface area contributed by atoms with Gasteiger partial charge in [-0.05, 0) is 218 Å². The van der Waals surface area contributed by atoms with Gasteiger partial charge in [0.15, 0.2) is 0 Å². The molecule has 2 unspecified atom stereocenters. The van der Waals surface area contributed by atoms with Crippen molar-refractivity contribution in [1.29, 1.82) is 0 Å². The van der Waals surface area contributed by atoms with Crippen LogP contribution in [-0.4, -0.2) is 6.71 Å². The molecule has 3 heterocycles. The summed E-state index contributed by atoms with van der Waals surface area (Å²) in [5.74, 6) is 0. The van der Waals surface area contributed by atoms with Crippen LogP contribution in [0.2, 0.25) is 0 Å². The van der Waals surface area contributed by atoms with Crippen molar-refractivity contribution >= 4 is 95.0 Å². The molecule has 2 atom stereocenters. The Morgan fingerprint density at radius 1 is 0.494 bits per heavy atom. The van der Waals surface area contributed by atoms with E-state index < -0.39 is 0 Å². The molecule has 1 aromatic heterocycles. The van der Waals surface area contributed by atoms with E-state index in [0.29, 0.717) is 0 Å². The van der Waals surface area contributed by atoms with Gasteiger partial charge in [-0.2, -0.15) is 0 Å². The molecule has 15 rings (SSSR count). The summed E-state index contributed by atoms with van der Waals surface area (Å²) in [4.78, 5) is 8.10. The van der Waals surface area contributed by atoms with Gasteiger partial charge in [-0.3, -0.25) is 0 Å². The lowest BCUT2D eigenvalue weighted by molar-refractivity contribution is 0.332. The molecule has 1 saturated carbocycles. The zero-order valence-corrected chi connectivity index (χ0v) is 52.6. The van der Waals surface area contributed by atoms with E-state index in [1.54, 1.807) is 11.1 Å². The van der Waals surface area contributed by atoms with Crippen LogP contribution in [0.25, 0.3) is 21.2 Å². The number of nitrogens with zero attached hydrogens (tertiary/aromatic N) is 3. The van der Waals surface area contributed by atoms with E-state index in [9.17, 15) is 0 Å². The minimum Gasteiger partial charge on any atom is -0.311 e. The van der Waals surface area contributed by atoms with Crippen LogP contribution in [-0.2, 0) is 37.9 Å². The first-order valence-electron chi connectivity index (χ1n) is 31.2. The maximum Gasteiger partial charge on any atom is 0.264 e. The molecule has 0 saturated heterocycles. The van der Waals surface area contributed by atoms with Gasteiger partial charge >= 0.3 is 0 Å². The van der Waals surface area contributed by atoms with Crippen molar-refractivity contribution in [2.75, 3.05) is 14.7 Å². The zero-order chi connectivity index (χ0) is 57.7. The lowest BCUT2D eigenvalue weighted by atomic mass is 9.35. The highest BCUT2D eigenvalue weighted by Crippen LogP contribution is 2.63. The molecule has 0 spiro atoms. The van der Waals surface area contributed by atoms with E-state index in [1.165, 1.54) is 129 Å². The summed E-state index contributed by atoms with van der Waals surface area (Å²) in [6, 6.07) is 62.5. The van der Waals surface area contributed by atoms with Crippen LogP contribution in [0.5, 0.6) is 0 Å². The number of benzene rings is 8. The Morgan fingerprint density at radius 2 is 1.07 bits per heavy atom. The number of thiophene rings is 1. The van der Waals surface area contributed by atoms with Crippen LogP contribution in [0.15, 0.2) is 158 Å². The molecule has 6 aliphatic rings. The molecule has 4 aliphatic carbocycles. The van der Waals surface area contributed by atoms with Crippen molar-refractivity contribution in [3.05, 3.63) is 202 Å². The quantitative estimate of drug-likeness (QED) is 0.154. The van der Waals surface area contributed by atoms with Crippen LogP contribution in [0, 0.1) is 6.92 Å². The summed E-state index contributed by atoms with van der Waals surface area (Å²) in [6.07, 6.45) is 8.33. The molecule has 3 nitrogen and oxygen atoms in total. The highest BCUT2D eigenvalue weighted by Gasteiger charge is 2.55. The number of aryl methyl sites for hydroxylation is 1. The number of anilines is 9. The fourth-order valence-electron chi connectivity index (χ4n) is 17.0. The second-order valence-corrected chi connectivity index (χ2v) is 31.6. The summed E-state index contributed by atoms with van der Waals surface area (Å²) < 4.78 is 2.87. The summed E-state index contributed by atoms with van der Waals surface area (Å²) in [7, 11) is 0. The lowest BCUT2D eigenvalue weighted by Gasteiger charge is -2.48. The smallest absolute Gasteiger partial charge is 0.264 e. The highest BCUT2D eigenvalue weighted by atomic mass is 32.1. The van der Waals surface area contributed by atoms with E-state index in [4.69, 9.17) is 0 Å². The van der Waals surface area contributed by atoms with Gasteiger partial charge in [-0.25, -0.2) is 0 Å². The molecule has 83 heavy (non-hydrogen) atoms. The van der Waals surface area contributed by atoms with E-state index >= 15 is 0 Å². The molecule has 2 bridgehead atoms. The molecule has 9 aromatic rings.